The summed E-state index contributed by atoms with van der Waals surface area (Å²) in [5.74, 6) is -0.894. The molecular formula is C22H21ClN2O4S. The zero-order valence-corrected chi connectivity index (χ0v) is 18.0. The van der Waals surface area contributed by atoms with E-state index in [0.29, 0.717) is 5.69 Å². The van der Waals surface area contributed by atoms with Crippen LogP contribution in [-0.2, 0) is 14.6 Å². The molecule has 0 aliphatic carbocycles. The van der Waals surface area contributed by atoms with Gasteiger partial charge in [0.15, 0.2) is 9.84 Å². The Morgan fingerprint density at radius 3 is 2.37 bits per heavy atom. The zero-order chi connectivity index (χ0) is 21.9. The number of amides is 1. The van der Waals surface area contributed by atoms with Gasteiger partial charge in [-0.05, 0) is 49.7 Å². The number of phenols is 1. The van der Waals surface area contributed by atoms with Crippen molar-refractivity contribution in [2.24, 2.45) is 0 Å². The van der Waals surface area contributed by atoms with E-state index in [4.69, 9.17) is 11.6 Å². The molecule has 30 heavy (non-hydrogen) atoms. The van der Waals surface area contributed by atoms with Crippen LogP contribution in [0.25, 0.3) is 0 Å². The highest BCUT2D eigenvalue weighted by molar-refractivity contribution is 7.92. The molecule has 156 valence electrons. The summed E-state index contributed by atoms with van der Waals surface area (Å²) in [6.07, 6.45) is 0. The number of sulfone groups is 1. The third kappa shape index (κ3) is 4.75. The number of para-hydroxylation sites is 1. The number of anilines is 3. The van der Waals surface area contributed by atoms with E-state index < -0.39 is 21.0 Å². The highest BCUT2D eigenvalue weighted by atomic mass is 35.5. The number of aromatic hydroxyl groups is 1. The van der Waals surface area contributed by atoms with Crippen LogP contribution >= 0.6 is 11.6 Å². The lowest BCUT2D eigenvalue weighted by molar-refractivity contribution is -0.115. The Balaban J connectivity index is 1.80. The van der Waals surface area contributed by atoms with Crippen LogP contribution in [0.15, 0.2) is 71.6 Å². The minimum absolute atomic E-state index is 0.0708. The van der Waals surface area contributed by atoms with Crippen LogP contribution in [0.4, 0.5) is 17.1 Å². The van der Waals surface area contributed by atoms with E-state index in [9.17, 15) is 18.3 Å². The van der Waals surface area contributed by atoms with Gasteiger partial charge in [0, 0.05) is 11.8 Å². The largest absolute Gasteiger partial charge is 0.506 e. The van der Waals surface area contributed by atoms with Crippen molar-refractivity contribution in [3.63, 3.8) is 0 Å². The molecule has 1 atom stereocenters. The molecule has 0 saturated carbocycles. The van der Waals surface area contributed by atoms with Crippen molar-refractivity contribution in [3.05, 3.63) is 77.3 Å². The Labute approximate surface area is 180 Å². The van der Waals surface area contributed by atoms with Crippen molar-refractivity contribution in [1.82, 2.24) is 0 Å². The molecule has 3 N–H and O–H groups in total. The molecule has 0 spiro atoms. The summed E-state index contributed by atoms with van der Waals surface area (Å²) in [7, 11) is -3.88. The number of hydrogen-bond donors (Lipinski definition) is 3. The molecule has 0 aliphatic rings. The number of aryl methyl sites for hydroxylation is 1. The first-order valence-electron chi connectivity index (χ1n) is 9.14. The standard InChI is InChI=1S/C22H21ClN2O4S/c1-14-7-6-10-17(11-14)30(28,29)15(2)22(27)25-19-13-21(26)20(12-18(19)23)24-16-8-4-3-5-9-16/h3-13,15,24,26H,1-2H3,(H,25,27). The predicted octanol–water partition coefficient (Wildman–Crippen LogP) is 4.90. The molecule has 0 radical (unpaired) electrons. The summed E-state index contributed by atoms with van der Waals surface area (Å²) in [5, 5.41) is 14.6. The van der Waals surface area contributed by atoms with Crippen molar-refractivity contribution >= 4 is 44.4 Å². The van der Waals surface area contributed by atoms with Crippen molar-refractivity contribution in [2.75, 3.05) is 10.6 Å². The highest BCUT2D eigenvalue weighted by Crippen LogP contribution is 2.35. The van der Waals surface area contributed by atoms with Crippen LogP contribution in [0.2, 0.25) is 5.02 Å². The van der Waals surface area contributed by atoms with Gasteiger partial charge < -0.3 is 15.7 Å². The predicted molar refractivity (Wildman–Crippen MR) is 119 cm³/mol. The van der Waals surface area contributed by atoms with Crippen molar-refractivity contribution in [2.45, 2.75) is 24.0 Å². The quantitative estimate of drug-likeness (QED) is 0.470. The van der Waals surface area contributed by atoms with Crippen LogP contribution in [-0.4, -0.2) is 24.7 Å². The molecule has 6 nitrogen and oxygen atoms in total. The molecule has 0 aliphatic heterocycles. The minimum Gasteiger partial charge on any atom is -0.506 e. The minimum atomic E-state index is -3.88. The molecule has 0 heterocycles. The molecule has 3 aromatic rings. The summed E-state index contributed by atoms with van der Waals surface area (Å²) in [5.41, 5.74) is 1.99. The molecule has 0 fully saturated rings. The third-order valence-corrected chi connectivity index (χ3v) is 6.92. The summed E-state index contributed by atoms with van der Waals surface area (Å²) in [4.78, 5) is 12.7. The summed E-state index contributed by atoms with van der Waals surface area (Å²) >= 11 is 6.25. The Kier molecular flexibility index (Phi) is 6.34. The number of carbonyl (C=O) groups excluding carboxylic acids is 1. The molecule has 0 saturated heterocycles. The van der Waals surface area contributed by atoms with E-state index in [1.807, 2.05) is 30.3 Å². The van der Waals surface area contributed by atoms with Gasteiger partial charge in [-0.25, -0.2) is 8.42 Å². The molecule has 3 rings (SSSR count). The summed E-state index contributed by atoms with van der Waals surface area (Å²) in [6.45, 7) is 3.09. The van der Waals surface area contributed by atoms with Gasteiger partial charge >= 0.3 is 0 Å². The first-order valence-corrected chi connectivity index (χ1v) is 11.1. The fraction of sp³-hybridized carbons (Fsp3) is 0.136. The molecular weight excluding hydrogens is 424 g/mol. The average Bonchev–Trinajstić information content (AvgIpc) is 2.71. The van der Waals surface area contributed by atoms with Crippen LogP contribution in [0.1, 0.15) is 12.5 Å². The number of rotatable bonds is 6. The highest BCUT2D eigenvalue weighted by Gasteiger charge is 2.30. The van der Waals surface area contributed by atoms with Crippen molar-refractivity contribution < 1.29 is 18.3 Å². The van der Waals surface area contributed by atoms with Gasteiger partial charge in [0.2, 0.25) is 5.91 Å². The van der Waals surface area contributed by atoms with Gasteiger partial charge in [0.05, 0.1) is 21.3 Å². The molecule has 0 aromatic heterocycles. The maximum absolute atomic E-state index is 12.8. The van der Waals surface area contributed by atoms with Gasteiger partial charge in [0.1, 0.15) is 11.0 Å². The summed E-state index contributed by atoms with van der Waals surface area (Å²) < 4.78 is 25.5. The van der Waals surface area contributed by atoms with E-state index in [1.54, 1.807) is 19.1 Å². The van der Waals surface area contributed by atoms with Crippen LogP contribution in [0.5, 0.6) is 5.75 Å². The normalized spacial score (nSPS) is 12.2. The van der Waals surface area contributed by atoms with Gasteiger partial charge in [-0.2, -0.15) is 0 Å². The van der Waals surface area contributed by atoms with E-state index in [2.05, 4.69) is 10.6 Å². The molecule has 8 heteroatoms. The first kappa shape index (κ1) is 21.7. The Hall–Kier alpha value is -3.03. The number of carbonyl (C=O) groups is 1. The van der Waals surface area contributed by atoms with E-state index in [-0.39, 0.29) is 21.4 Å². The maximum Gasteiger partial charge on any atom is 0.242 e. The summed E-state index contributed by atoms with van der Waals surface area (Å²) in [6, 6.07) is 18.3. The smallest absolute Gasteiger partial charge is 0.242 e. The number of benzene rings is 3. The lowest BCUT2D eigenvalue weighted by Gasteiger charge is -2.16. The van der Waals surface area contributed by atoms with E-state index >= 15 is 0 Å². The first-order chi connectivity index (χ1) is 14.2. The fourth-order valence-electron chi connectivity index (χ4n) is 2.81. The Morgan fingerprint density at radius 2 is 1.70 bits per heavy atom. The van der Waals surface area contributed by atoms with Gasteiger partial charge in [-0.15, -0.1) is 0 Å². The second kappa shape index (κ2) is 8.77. The van der Waals surface area contributed by atoms with Crippen molar-refractivity contribution in [1.29, 1.82) is 0 Å². The number of phenolic OH excluding ortho intramolecular Hbond substituents is 1. The third-order valence-electron chi connectivity index (χ3n) is 4.55. The zero-order valence-electron chi connectivity index (χ0n) is 16.4. The second-order valence-electron chi connectivity index (χ2n) is 6.83. The van der Waals surface area contributed by atoms with Gasteiger partial charge in [0.25, 0.3) is 0 Å². The Morgan fingerprint density at radius 1 is 1.00 bits per heavy atom. The topological polar surface area (TPSA) is 95.5 Å². The molecule has 1 unspecified atom stereocenters. The fourth-order valence-corrected chi connectivity index (χ4v) is 4.38. The van der Waals surface area contributed by atoms with Crippen LogP contribution in [0, 0.1) is 6.92 Å². The monoisotopic (exact) mass is 444 g/mol. The molecule has 3 aromatic carbocycles. The SMILES string of the molecule is Cc1cccc(S(=O)(=O)C(C)C(=O)Nc2cc(O)c(Nc3ccccc3)cc2Cl)c1. The average molecular weight is 445 g/mol. The second-order valence-corrected chi connectivity index (χ2v) is 9.51. The van der Waals surface area contributed by atoms with Crippen LogP contribution < -0.4 is 10.6 Å². The number of halogens is 1. The molecule has 1 amide bonds. The van der Waals surface area contributed by atoms with Crippen molar-refractivity contribution in [3.8, 4) is 5.75 Å². The molecule has 0 bridgehead atoms. The number of hydrogen-bond acceptors (Lipinski definition) is 5. The number of nitrogens with one attached hydrogen (secondary N) is 2. The lowest BCUT2D eigenvalue weighted by atomic mass is 10.2. The van der Waals surface area contributed by atoms with E-state index in [0.717, 1.165) is 11.3 Å². The maximum atomic E-state index is 12.8. The Bertz CT molecular complexity index is 1180. The van der Waals surface area contributed by atoms with Gasteiger partial charge in [-0.3, -0.25) is 4.79 Å². The van der Waals surface area contributed by atoms with Gasteiger partial charge in [-0.1, -0.05) is 41.9 Å². The lowest BCUT2D eigenvalue weighted by Crippen LogP contribution is -2.32. The van der Waals surface area contributed by atoms with E-state index in [1.165, 1.54) is 31.2 Å². The van der Waals surface area contributed by atoms with Crippen LogP contribution in [0.3, 0.4) is 0 Å².